The number of halogens is 2. The molecule has 0 heterocycles. The minimum atomic E-state index is -1.49. The van der Waals surface area contributed by atoms with Crippen molar-refractivity contribution in [3.8, 4) is 0 Å². The number of alkyl carbamates (subject to hydrolysis) is 1. The highest BCUT2D eigenvalue weighted by atomic mass is 19.1. The third kappa shape index (κ3) is 5.27. The fraction of sp³-hybridized carbons (Fsp3) is 0.400. The SMILES string of the molecule is CC(=O)[C@@H](NC(=O)OC(C)(C)C)C(=[N+]=[N-])c1cc(F)ccc1F. The number of hydrogen-bond acceptors (Lipinski definition) is 3. The zero-order chi connectivity index (χ0) is 17.8. The number of ether oxygens (including phenoxy) is 1. The summed E-state index contributed by atoms with van der Waals surface area (Å²) in [7, 11) is 0. The molecule has 1 atom stereocenters. The lowest BCUT2D eigenvalue weighted by Gasteiger charge is -2.21. The maximum atomic E-state index is 13.8. The number of amides is 1. The third-order valence-electron chi connectivity index (χ3n) is 2.65. The van der Waals surface area contributed by atoms with E-state index in [1.165, 1.54) is 0 Å². The smallest absolute Gasteiger partial charge is 0.408 e. The zero-order valence-corrected chi connectivity index (χ0v) is 13.2. The second-order valence-electron chi connectivity index (χ2n) is 5.80. The van der Waals surface area contributed by atoms with Crippen molar-refractivity contribution in [2.24, 2.45) is 0 Å². The van der Waals surface area contributed by atoms with Gasteiger partial charge in [-0.3, -0.25) is 4.79 Å². The number of ketones is 1. The molecule has 1 amide bonds. The van der Waals surface area contributed by atoms with Gasteiger partial charge in [0, 0.05) is 0 Å². The lowest BCUT2D eigenvalue weighted by Crippen LogP contribution is -2.48. The molecule has 0 aliphatic heterocycles. The highest BCUT2D eigenvalue weighted by Crippen LogP contribution is 2.13. The van der Waals surface area contributed by atoms with Crippen LogP contribution in [0.1, 0.15) is 33.3 Å². The first-order valence-electron chi connectivity index (χ1n) is 6.72. The van der Waals surface area contributed by atoms with E-state index in [2.05, 4.69) is 10.1 Å². The normalized spacial score (nSPS) is 12.1. The van der Waals surface area contributed by atoms with Crippen LogP contribution in [0.25, 0.3) is 5.53 Å². The van der Waals surface area contributed by atoms with Gasteiger partial charge in [0.05, 0.1) is 0 Å². The summed E-state index contributed by atoms with van der Waals surface area (Å²) in [6.45, 7) is 5.94. The van der Waals surface area contributed by atoms with Crippen LogP contribution >= 0.6 is 0 Å². The Labute approximate surface area is 132 Å². The first-order valence-corrected chi connectivity index (χ1v) is 6.72. The maximum absolute atomic E-state index is 13.8. The number of nitrogens with zero attached hydrogens (tertiary/aromatic N) is 2. The molecular formula is C15H17F2N3O3. The van der Waals surface area contributed by atoms with E-state index in [4.69, 9.17) is 10.3 Å². The Morgan fingerprint density at radius 2 is 1.91 bits per heavy atom. The van der Waals surface area contributed by atoms with Crippen LogP contribution in [0.4, 0.5) is 13.6 Å². The summed E-state index contributed by atoms with van der Waals surface area (Å²) in [5, 5.41) is 2.18. The van der Waals surface area contributed by atoms with Crippen LogP contribution in [0.2, 0.25) is 0 Å². The molecule has 8 heteroatoms. The lowest BCUT2D eigenvalue weighted by atomic mass is 10.00. The van der Waals surface area contributed by atoms with Crippen molar-refractivity contribution in [2.75, 3.05) is 0 Å². The van der Waals surface area contributed by atoms with Crippen LogP contribution in [-0.2, 0) is 9.53 Å². The summed E-state index contributed by atoms with van der Waals surface area (Å²) in [4.78, 5) is 26.4. The van der Waals surface area contributed by atoms with Gasteiger partial charge in [-0.15, -0.1) is 0 Å². The van der Waals surface area contributed by atoms with Gasteiger partial charge in [-0.05, 0) is 45.9 Å². The first kappa shape index (κ1) is 18.4. The Morgan fingerprint density at radius 1 is 1.30 bits per heavy atom. The number of rotatable bonds is 4. The van der Waals surface area contributed by atoms with Crippen LogP contribution in [-0.4, -0.2) is 34.0 Å². The van der Waals surface area contributed by atoms with Crippen LogP contribution < -0.4 is 5.32 Å². The Hall–Kier alpha value is -2.60. The summed E-state index contributed by atoms with van der Waals surface area (Å²) in [5.74, 6) is -2.34. The summed E-state index contributed by atoms with van der Waals surface area (Å²) in [5.41, 5.74) is 7.32. The molecule has 6 nitrogen and oxygen atoms in total. The quantitative estimate of drug-likeness (QED) is 0.523. The molecule has 1 N–H and O–H groups in total. The fourth-order valence-electron chi connectivity index (χ4n) is 1.75. The van der Waals surface area contributed by atoms with E-state index in [1.54, 1.807) is 20.8 Å². The number of hydrogen-bond donors (Lipinski definition) is 1. The van der Waals surface area contributed by atoms with E-state index in [0.717, 1.165) is 25.1 Å². The van der Waals surface area contributed by atoms with E-state index in [1.807, 2.05) is 0 Å². The average Bonchev–Trinajstić information content (AvgIpc) is 2.40. The molecule has 0 fully saturated rings. The lowest BCUT2D eigenvalue weighted by molar-refractivity contribution is -0.118. The number of Topliss-reactive ketones (excluding diaryl/α,β-unsaturated/α-hetero) is 1. The molecule has 1 aromatic carbocycles. The molecule has 0 aromatic heterocycles. The van der Waals surface area contributed by atoms with Crippen molar-refractivity contribution in [1.82, 2.24) is 5.32 Å². The van der Waals surface area contributed by atoms with Gasteiger partial charge in [0.15, 0.2) is 11.8 Å². The number of nitrogens with one attached hydrogen (secondary N) is 1. The minimum Gasteiger partial charge on any atom is -0.444 e. The Bertz CT molecular complexity index is 677. The summed E-state index contributed by atoms with van der Waals surface area (Å²) >= 11 is 0. The first-order chi connectivity index (χ1) is 10.5. The molecule has 0 saturated carbocycles. The van der Waals surface area contributed by atoms with Crippen molar-refractivity contribution in [3.05, 3.63) is 40.9 Å². The van der Waals surface area contributed by atoms with Crippen molar-refractivity contribution < 1.29 is 27.9 Å². The molecule has 0 saturated heterocycles. The van der Waals surface area contributed by atoms with E-state index in [-0.39, 0.29) is 0 Å². The van der Waals surface area contributed by atoms with Gasteiger partial charge >= 0.3 is 11.8 Å². The Kier molecular flexibility index (Phi) is 5.70. The molecule has 1 aromatic rings. The summed E-state index contributed by atoms with van der Waals surface area (Å²) in [6.07, 6.45) is -0.962. The fourth-order valence-corrected chi connectivity index (χ4v) is 1.75. The third-order valence-corrected chi connectivity index (χ3v) is 2.65. The van der Waals surface area contributed by atoms with Crippen LogP contribution in [0, 0.1) is 11.6 Å². The predicted octanol–water partition coefficient (Wildman–Crippen LogP) is 2.47. The molecule has 23 heavy (non-hydrogen) atoms. The van der Waals surface area contributed by atoms with Gasteiger partial charge in [0.2, 0.25) is 0 Å². The Morgan fingerprint density at radius 3 is 2.39 bits per heavy atom. The topological polar surface area (TPSA) is 91.8 Å². The number of carbonyl (C=O) groups is 2. The minimum absolute atomic E-state index is 0.441. The predicted molar refractivity (Wildman–Crippen MR) is 77.9 cm³/mol. The second-order valence-corrected chi connectivity index (χ2v) is 5.80. The second kappa shape index (κ2) is 7.11. The monoisotopic (exact) mass is 325 g/mol. The van der Waals surface area contributed by atoms with Gasteiger partial charge in [0.25, 0.3) is 0 Å². The van der Waals surface area contributed by atoms with E-state index >= 15 is 0 Å². The summed E-state index contributed by atoms with van der Waals surface area (Å²) < 4.78 is 32.1. The van der Waals surface area contributed by atoms with Gasteiger partial charge in [0.1, 0.15) is 22.8 Å². The van der Waals surface area contributed by atoms with Crippen LogP contribution in [0.15, 0.2) is 18.2 Å². The zero-order valence-electron chi connectivity index (χ0n) is 13.2. The van der Waals surface area contributed by atoms with Gasteiger partial charge in [-0.2, -0.15) is 4.79 Å². The van der Waals surface area contributed by atoms with Crippen LogP contribution in [0.3, 0.4) is 0 Å². The van der Waals surface area contributed by atoms with Gasteiger partial charge in [-0.25, -0.2) is 13.6 Å². The summed E-state index contributed by atoms with van der Waals surface area (Å²) in [6, 6.07) is 0.960. The van der Waals surface area contributed by atoms with Crippen molar-refractivity contribution in [3.63, 3.8) is 0 Å². The van der Waals surface area contributed by atoms with Crippen molar-refractivity contribution in [2.45, 2.75) is 39.3 Å². The van der Waals surface area contributed by atoms with E-state index in [9.17, 15) is 18.4 Å². The molecule has 124 valence electrons. The van der Waals surface area contributed by atoms with Crippen molar-refractivity contribution >= 4 is 17.6 Å². The standard InChI is InChI=1S/C15H17F2N3O3/c1-8(21)12(19-14(22)23-15(2,3)4)13(20-18)10-7-9(16)5-6-11(10)17/h5-7,12H,1-4H3,(H,19,22)/t12-/m1/s1. The van der Waals surface area contributed by atoms with Crippen molar-refractivity contribution in [1.29, 1.82) is 0 Å². The molecule has 0 unspecified atom stereocenters. The molecule has 0 aliphatic carbocycles. The molecular weight excluding hydrogens is 308 g/mol. The molecule has 1 rings (SSSR count). The molecule has 0 spiro atoms. The molecule has 0 bridgehead atoms. The number of benzene rings is 1. The number of carbonyl (C=O) groups excluding carboxylic acids is 2. The van der Waals surface area contributed by atoms with Gasteiger partial charge < -0.3 is 15.6 Å². The van der Waals surface area contributed by atoms with Crippen LogP contribution in [0.5, 0.6) is 0 Å². The average molecular weight is 325 g/mol. The molecule has 0 aliphatic rings. The Balaban J connectivity index is 3.17. The largest absolute Gasteiger partial charge is 0.444 e. The van der Waals surface area contributed by atoms with Gasteiger partial charge in [-0.1, -0.05) is 0 Å². The highest BCUT2D eigenvalue weighted by molar-refractivity contribution is 6.15. The maximum Gasteiger partial charge on any atom is 0.408 e. The van der Waals surface area contributed by atoms with E-state index in [0.29, 0.717) is 0 Å². The van der Waals surface area contributed by atoms with E-state index < -0.39 is 46.4 Å². The highest BCUT2D eigenvalue weighted by Gasteiger charge is 2.35. The molecule has 0 radical (unpaired) electrons.